The first-order valence-corrected chi connectivity index (χ1v) is 5.53. The summed E-state index contributed by atoms with van der Waals surface area (Å²) in [7, 11) is 0. The Kier molecular flexibility index (Phi) is 3.06. The maximum Gasteiger partial charge on any atom is 0.0674 e. The number of hydrogen-bond donors (Lipinski definition) is 1. The molecule has 2 N–H and O–H groups in total. The van der Waals surface area contributed by atoms with E-state index in [4.69, 9.17) is 5.73 Å². The summed E-state index contributed by atoms with van der Waals surface area (Å²) in [6, 6.07) is 8.21. The van der Waals surface area contributed by atoms with Crippen molar-refractivity contribution in [3.8, 4) is 5.69 Å². The van der Waals surface area contributed by atoms with Gasteiger partial charge in [-0.15, -0.1) is 0 Å². The third kappa shape index (κ3) is 1.99. The van der Waals surface area contributed by atoms with Crippen molar-refractivity contribution < 1.29 is 0 Å². The number of nitrogens with zero attached hydrogens (tertiary/aromatic N) is 2. The van der Waals surface area contributed by atoms with Crippen molar-refractivity contribution in [2.75, 3.05) is 6.54 Å². The topological polar surface area (TPSA) is 43.8 Å². The highest BCUT2D eigenvalue weighted by molar-refractivity contribution is 5.39. The SMILES string of the molecule is Cc1ccccc1-n1cc(C(C)CN)cn1. The zero-order valence-corrected chi connectivity index (χ0v) is 9.72. The first-order valence-electron chi connectivity index (χ1n) is 5.53. The minimum Gasteiger partial charge on any atom is -0.330 e. The number of aromatic nitrogens is 2. The zero-order valence-electron chi connectivity index (χ0n) is 9.72. The third-order valence-electron chi connectivity index (χ3n) is 2.89. The first kappa shape index (κ1) is 10.9. The van der Waals surface area contributed by atoms with Gasteiger partial charge in [-0.2, -0.15) is 5.10 Å². The number of nitrogens with two attached hydrogens (primary N) is 1. The van der Waals surface area contributed by atoms with Crippen LogP contribution in [0.15, 0.2) is 36.7 Å². The van der Waals surface area contributed by atoms with Crippen molar-refractivity contribution in [3.63, 3.8) is 0 Å². The summed E-state index contributed by atoms with van der Waals surface area (Å²) in [6.45, 7) is 4.85. The monoisotopic (exact) mass is 215 g/mol. The molecule has 0 fully saturated rings. The van der Waals surface area contributed by atoms with E-state index in [9.17, 15) is 0 Å². The molecule has 1 heterocycles. The van der Waals surface area contributed by atoms with Gasteiger partial charge in [-0.3, -0.25) is 0 Å². The van der Waals surface area contributed by atoms with Gasteiger partial charge >= 0.3 is 0 Å². The Morgan fingerprint density at radius 2 is 2.12 bits per heavy atom. The fourth-order valence-corrected chi connectivity index (χ4v) is 1.68. The quantitative estimate of drug-likeness (QED) is 0.853. The van der Waals surface area contributed by atoms with E-state index in [-0.39, 0.29) is 0 Å². The van der Waals surface area contributed by atoms with Gasteiger partial charge in [0, 0.05) is 6.20 Å². The van der Waals surface area contributed by atoms with E-state index in [1.165, 1.54) is 11.1 Å². The van der Waals surface area contributed by atoms with Crippen molar-refractivity contribution in [1.82, 2.24) is 9.78 Å². The summed E-state index contributed by atoms with van der Waals surface area (Å²) in [5.41, 5.74) is 9.17. The van der Waals surface area contributed by atoms with Crippen LogP contribution in [-0.2, 0) is 0 Å². The lowest BCUT2D eigenvalue weighted by atomic mass is 10.1. The lowest BCUT2D eigenvalue weighted by Crippen LogP contribution is -2.08. The fraction of sp³-hybridized carbons (Fsp3) is 0.308. The van der Waals surface area contributed by atoms with E-state index in [2.05, 4.69) is 37.3 Å². The second-order valence-electron chi connectivity index (χ2n) is 4.14. The summed E-state index contributed by atoms with van der Waals surface area (Å²) in [5, 5.41) is 4.38. The van der Waals surface area contributed by atoms with Crippen molar-refractivity contribution in [2.45, 2.75) is 19.8 Å². The Balaban J connectivity index is 2.35. The lowest BCUT2D eigenvalue weighted by Gasteiger charge is -2.05. The summed E-state index contributed by atoms with van der Waals surface area (Å²) >= 11 is 0. The lowest BCUT2D eigenvalue weighted by molar-refractivity contribution is 0.773. The maximum atomic E-state index is 5.64. The molecule has 2 aromatic rings. The molecule has 3 heteroatoms. The van der Waals surface area contributed by atoms with Gasteiger partial charge in [-0.1, -0.05) is 25.1 Å². The van der Waals surface area contributed by atoms with Crippen LogP contribution in [0.5, 0.6) is 0 Å². The predicted molar refractivity (Wildman–Crippen MR) is 65.8 cm³/mol. The molecule has 84 valence electrons. The predicted octanol–water partition coefficient (Wildman–Crippen LogP) is 2.24. The number of para-hydroxylation sites is 1. The van der Waals surface area contributed by atoms with Crippen molar-refractivity contribution in [1.29, 1.82) is 0 Å². The average molecular weight is 215 g/mol. The summed E-state index contributed by atoms with van der Waals surface area (Å²) in [4.78, 5) is 0. The van der Waals surface area contributed by atoms with Crippen LogP contribution in [0, 0.1) is 6.92 Å². The molecule has 2 rings (SSSR count). The van der Waals surface area contributed by atoms with Gasteiger partial charge in [0.25, 0.3) is 0 Å². The molecule has 16 heavy (non-hydrogen) atoms. The highest BCUT2D eigenvalue weighted by Crippen LogP contribution is 2.17. The molecule has 0 saturated heterocycles. The van der Waals surface area contributed by atoms with E-state index in [0.717, 1.165) is 5.69 Å². The molecular weight excluding hydrogens is 198 g/mol. The van der Waals surface area contributed by atoms with Crippen LogP contribution in [0.25, 0.3) is 5.69 Å². The summed E-state index contributed by atoms with van der Waals surface area (Å²) in [6.07, 6.45) is 3.95. The smallest absolute Gasteiger partial charge is 0.0674 e. The molecule has 0 amide bonds. The van der Waals surface area contributed by atoms with Gasteiger partial charge in [0.1, 0.15) is 0 Å². The Morgan fingerprint density at radius 1 is 1.38 bits per heavy atom. The molecule has 0 aliphatic heterocycles. The molecule has 0 bridgehead atoms. The Bertz CT molecular complexity index is 474. The van der Waals surface area contributed by atoms with Crippen molar-refractivity contribution >= 4 is 0 Å². The maximum absolute atomic E-state index is 5.64. The summed E-state index contributed by atoms with van der Waals surface area (Å²) in [5.74, 6) is 0.359. The number of rotatable bonds is 3. The third-order valence-corrected chi connectivity index (χ3v) is 2.89. The van der Waals surface area contributed by atoms with Gasteiger partial charge in [-0.25, -0.2) is 4.68 Å². The normalized spacial score (nSPS) is 12.7. The molecule has 0 saturated carbocycles. The first-order chi connectivity index (χ1) is 7.72. The Hall–Kier alpha value is -1.61. The standard InChI is InChI=1S/C13H17N3/c1-10-5-3-4-6-13(10)16-9-12(8-15-16)11(2)7-14/h3-6,8-9,11H,7,14H2,1-2H3. The van der Waals surface area contributed by atoms with Crippen LogP contribution < -0.4 is 5.73 Å². The molecule has 0 aliphatic rings. The molecule has 1 aromatic carbocycles. The van der Waals surface area contributed by atoms with Crippen molar-refractivity contribution in [3.05, 3.63) is 47.8 Å². The fourth-order valence-electron chi connectivity index (χ4n) is 1.68. The van der Waals surface area contributed by atoms with E-state index >= 15 is 0 Å². The van der Waals surface area contributed by atoms with Crippen LogP contribution in [0.1, 0.15) is 24.0 Å². The second-order valence-corrected chi connectivity index (χ2v) is 4.14. The molecule has 0 aliphatic carbocycles. The van der Waals surface area contributed by atoms with E-state index in [1.807, 2.05) is 23.0 Å². The molecule has 0 radical (unpaired) electrons. The average Bonchev–Trinajstić information content (AvgIpc) is 2.78. The molecule has 0 spiro atoms. The number of hydrogen-bond acceptors (Lipinski definition) is 2. The minimum atomic E-state index is 0.359. The molecule has 3 nitrogen and oxygen atoms in total. The van der Waals surface area contributed by atoms with Crippen LogP contribution in [0.2, 0.25) is 0 Å². The Labute approximate surface area is 95.9 Å². The van der Waals surface area contributed by atoms with Gasteiger partial charge in [-0.05, 0) is 36.6 Å². The van der Waals surface area contributed by atoms with Crippen molar-refractivity contribution in [2.24, 2.45) is 5.73 Å². The van der Waals surface area contributed by atoms with Crippen LogP contribution in [-0.4, -0.2) is 16.3 Å². The molecular formula is C13H17N3. The van der Waals surface area contributed by atoms with Crippen LogP contribution in [0.4, 0.5) is 0 Å². The largest absolute Gasteiger partial charge is 0.330 e. The van der Waals surface area contributed by atoms with Crippen LogP contribution in [0.3, 0.4) is 0 Å². The van der Waals surface area contributed by atoms with E-state index < -0.39 is 0 Å². The minimum absolute atomic E-state index is 0.359. The van der Waals surface area contributed by atoms with Gasteiger partial charge in [0.15, 0.2) is 0 Å². The van der Waals surface area contributed by atoms with E-state index in [1.54, 1.807) is 0 Å². The van der Waals surface area contributed by atoms with Gasteiger partial charge in [0.05, 0.1) is 11.9 Å². The summed E-state index contributed by atoms with van der Waals surface area (Å²) < 4.78 is 1.91. The number of benzene rings is 1. The highest BCUT2D eigenvalue weighted by atomic mass is 15.3. The molecule has 1 aromatic heterocycles. The van der Waals surface area contributed by atoms with E-state index in [0.29, 0.717) is 12.5 Å². The second kappa shape index (κ2) is 4.49. The number of aryl methyl sites for hydroxylation is 1. The zero-order chi connectivity index (χ0) is 11.5. The Morgan fingerprint density at radius 3 is 2.81 bits per heavy atom. The van der Waals surface area contributed by atoms with Gasteiger partial charge < -0.3 is 5.73 Å². The highest BCUT2D eigenvalue weighted by Gasteiger charge is 2.07. The molecule has 1 atom stereocenters. The van der Waals surface area contributed by atoms with Gasteiger partial charge in [0.2, 0.25) is 0 Å². The van der Waals surface area contributed by atoms with Crippen LogP contribution >= 0.6 is 0 Å². The molecule has 1 unspecified atom stereocenters.